The smallest absolute Gasteiger partial charge is 0.221 e. The summed E-state index contributed by atoms with van der Waals surface area (Å²) in [7, 11) is 0. The molecule has 3 rings (SSSR count). The van der Waals surface area contributed by atoms with E-state index in [4.69, 9.17) is 0 Å². The lowest BCUT2D eigenvalue weighted by Gasteiger charge is -2.33. The van der Waals surface area contributed by atoms with E-state index in [1.807, 2.05) is 6.92 Å². The van der Waals surface area contributed by atoms with Gasteiger partial charge in [0.1, 0.15) is 12.2 Å². The van der Waals surface area contributed by atoms with Gasteiger partial charge in [-0.25, -0.2) is 10.1 Å². The Bertz CT molecular complexity index is 482. The van der Waals surface area contributed by atoms with Crippen LogP contribution in [-0.4, -0.2) is 61.4 Å². The van der Waals surface area contributed by atoms with Gasteiger partial charge in [-0.1, -0.05) is 0 Å². The van der Waals surface area contributed by atoms with Gasteiger partial charge in [-0.2, -0.15) is 15.2 Å². The second kappa shape index (κ2) is 4.73. The van der Waals surface area contributed by atoms with E-state index in [9.17, 15) is 0 Å². The van der Waals surface area contributed by atoms with Gasteiger partial charge in [0, 0.05) is 26.2 Å². The van der Waals surface area contributed by atoms with Crippen molar-refractivity contribution in [1.82, 2.24) is 35.3 Å². The first-order chi connectivity index (χ1) is 8.81. The molecule has 3 heterocycles. The van der Waals surface area contributed by atoms with Crippen molar-refractivity contribution in [3.8, 4) is 0 Å². The molecule has 2 aromatic rings. The van der Waals surface area contributed by atoms with Crippen LogP contribution in [0.3, 0.4) is 0 Å². The third-order valence-corrected chi connectivity index (χ3v) is 3.08. The molecule has 0 bridgehead atoms. The number of aryl methyl sites for hydroxylation is 1. The Morgan fingerprint density at radius 1 is 1.22 bits per heavy atom. The summed E-state index contributed by atoms with van der Waals surface area (Å²) in [5, 5.41) is 13.8. The van der Waals surface area contributed by atoms with Crippen molar-refractivity contribution in [2.45, 2.75) is 13.5 Å². The summed E-state index contributed by atoms with van der Waals surface area (Å²) in [5.74, 6) is 2.58. The number of hydrogen-bond acceptors (Lipinski definition) is 6. The van der Waals surface area contributed by atoms with Crippen molar-refractivity contribution in [2.24, 2.45) is 0 Å². The van der Waals surface area contributed by atoms with Gasteiger partial charge in [0.15, 0.2) is 5.82 Å². The standard InChI is InChI=1S/C10H16N8/c1-8-13-9(15-14-8)6-17-2-4-18(5-3-17)10-11-7-12-16-10/h7H,2-6H2,1H3,(H,11,12,16)(H,13,14,15). The number of H-pyrrole nitrogens is 2. The fraction of sp³-hybridized carbons (Fsp3) is 0.600. The van der Waals surface area contributed by atoms with E-state index in [1.165, 1.54) is 6.33 Å². The molecule has 0 radical (unpaired) electrons. The van der Waals surface area contributed by atoms with Crippen LogP contribution in [0.4, 0.5) is 5.95 Å². The van der Waals surface area contributed by atoms with Gasteiger partial charge >= 0.3 is 0 Å². The second-order valence-electron chi connectivity index (χ2n) is 4.41. The van der Waals surface area contributed by atoms with Gasteiger partial charge in [0.05, 0.1) is 6.54 Å². The van der Waals surface area contributed by atoms with E-state index in [0.717, 1.165) is 50.3 Å². The van der Waals surface area contributed by atoms with E-state index in [2.05, 4.69) is 40.2 Å². The maximum Gasteiger partial charge on any atom is 0.221 e. The lowest BCUT2D eigenvalue weighted by molar-refractivity contribution is 0.243. The highest BCUT2D eigenvalue weighted by Crippen LogP contribution is 2.10. The first-order valence-corrected chi connectivity index (χ1v) is 6.02. The zero-order chi connectivity index (χ0) is 12.4. The summed E-state index contributed by atoms with van der Waals surface area (Å²) < 4.78 is 0. The highest BCUT2D eigenvalue weighted by molar-refractivity contribution is 5.27. The summed E-state index contributed by atoms with van der Waals surface area (Å²) in [6.07, 6.45) is 1.54. The second-order valence-corrected chi connectivity index (χ2v) is 4.41. The largest absolute Gasteiger partial charge is 0.339 e. The predicted molar refractivity (Wildman–Crippen MR) is 65.0 cm³/mol. The maximum atomic E-state index is 4.32. The number of nitrogens with one attached hydrogen (secondary N) is 2. The molecule has 0 aromatic carbocycles. The molecule has 8 heteroatoms. The van der Waals surface area contributed by atoms with Crippen LogP contribution < -0.4 is 4.90 Å². The van der Waals surface area contributed by atoms with Gasteiger partial charge in [-0.05, 0) is 6.92 Å². The molecular formula is C10H16N8. The Hall–Kier alpha value is -1.96. The van der Waals surface area contributed by atoms with E-state index < -0.39 is 0 Å². The Morgan fingerprint density at radius 2 is 2.06 bits per heavy atom. The molecule has 2 aromatic heterocycles. The van der Waals surface area contributed by atoms with Gasteiger partial charge in [-0.15, -0.1) is 0 Å². The lowest BCUT2D eigenvalue weighted by atomic mass is 10.3. The zero-order valence-corrected chi connectivity index (χ0v) is 10.3. The minimum atomic E-state index is 0.800. The maximum absolute atomic E-state index is 4.32. The number of hydrogen-bond donors (Lipinski definition) is 2. The van der Waals surface area contributed by atoms with Crippen LogP contribution >= 0.6 is 0 Å². The fourth-order valence-electron chi connectivity index (χ4n) is 2.13. The molecule has 0 amide bonds. The van der Waals surface area contributed by atoms with E-state index in [-0.39, 0.29) is 0 Å². The van der Waals surface area contributed by atoms with Crippen molar-refractivity contribution in [2.75, 3.05) is 31.1 Å². The fourth-order valence-corrected chi connectivity index (χ4v) is 2.13. The zero-order valence-electron chi connectivity index (χ0n) is 10.3. The molecule has 8 nitrogen and oxygen atoms in total. The molecule has 1 aliphatic heterocycles. The number of aromatic amines is 2. The van der Waals surface area contributed by atoms with Crippen LogP contribution in [0.15, 0.2) is 6.33 Å². The Kier molecular flexibility index (Phi) is 2.93. The van der Waals surface area contributed by atoms with E-state index >= 15 is 0 Å². The number of aromatic nitrogens is 6. The number of anilines is 1. The average Bonchev–Trinajstić information content (AvgIpc) is 3.02. The predicted octanol–water partition coefficient (Wildman–Crippen LogP) is -0.447. The first-order valence-electron chi connectivity index (χ1n) is 6.02. The summed E-state index contributed by atoms with van der Waals surface area (Å²) in [6.45, 7) is 6.56. The molecule has 96 valence electrons. The number of piperazine rings is 1. The van der Waals surface area contributed by atoms with Gasteiger partial charge < -0.3 is 4.90 Å². The van der Waals surface area contributed by atoms with Gasteiger partial charge in [0.2, 0.25) is 5.95 Å². The highest BCUT2D eigenvalue weighted by atomic mass is 15.4. The Morgan fingerprint density at radius 3 is 2.67 bits per heavy atom. The molecule has 0 saturated carbocycles. The summed E-state index contributed by atoms with van der Waals surface area (Å²) in [6, 6.07) is 0. The minimum absolute atomic E-state index is 0.800. The molecule has 1 saturated heterocycles. The highest BCUT2D eigenvalue weighted by Gasteiger charge is 2.19. The summed E-state index contributed by atoms with van der Waals surface area (Å²) in [4.78, 5) is 13.0. The molecule has 0 aliphatic carbocycles. The van der Waals surface area contributed by atoms with Crippen molar-refractivity contribution >= 4 is 5.95 Å². The quantitative estimate of drug-likeness (QED) is 0.765. The van der Waals surface area contributed by atoms with E-state index in [0.29, 0.717) is 0 Å². The van der Waals surface area contributed by atoms with Crippen molar-refractivity contribution in [3.63, 3.8) is 0 Å². The van der Waals surface area contributed by atoms with Crippen LogP contribution in [0.5, 0.6) is 0 Å². The first kappa shape index (κ1) is 11.1. The van der Waals surface area contributed by atoms with Crippen molar-refractivity contribution < 1.29 is 0 Å². The molecule has 1 fully saturated rings. The third kappa shape index (κ3) is 2.33. The minimum Gasteiger partial charge on any atom is -0.339 e. The van der Waals surface area contributed by atoms with Gasteiger partial charge in [0.25, 0.3) is 0 Å². The Labute approximate surface area is 104 Å². The molecule has 0 atom stereocenters. The topological polar surface area (TPSA) is 89.6 Å². The summed E-state index contributed by atoms with van der Waals surface area (Å²) >= 11 is 0. The lowest BCUT2D eigenvalue weighted by Crippen LogP contribution is -2.46. The molecule has 2 N–H and O–H groups in total. The van der Waals surface area contributed by atoms with Crippen LogP contribution in [0.2, 0.25) is 0 Å². The molecule has 0 unspecified atom stereocenters. The molecular weight excluding hydrogens is 232 g/mol. The van der Waals surface area contributed by atoms with Crippen molar-refractivity contribution in [1.29, 1.82) is 0 Å². The molecule has 0 spiro atoms. The van der Waals surface area contributed by atoms with Crippen LogP contribution in [-0.2, 0) is 6.54 Å². The normalized spacial score (nSPS) is 17.3. The van der Waals surface area contributed by atoms with E-state index in [1.54, 1.807) is 0 Å². The average molecular weight is 248 g/mol. The molecule has 1 aliphatic rings. The summed E-state index contributed by atoms with van der Waals surface area (Å²) in [5.41, 5.74) is 0. The van der Waals surface area contributed by atoms with Crippen LogP contribution in [0.25, 0.3) is 0 Å². The van der Waals surface area contributed by atoms with Crippen LogP contribution in [0, 0.1) is 6.92 Å². The Balaban J connectivity index is 1.54. The third-order valence-electron chi connectivity index (χ3n) is 3.08. The monoisotopic (exact) mass is 248 g/mol. The van der Waals surface area contributed by atoms with Gasteiger partial charge in [-0.3, -0.25) is 10.00 Å². The SMILES string of the molecule is Cc1nc(CN2CCN(c3ncn[nH]3)CC2)n[nH]1. The van der Waals surface area contributed by atoms with Crippen molar-refractivity contribution in [3.05, 3.63) is 18.0 Å². The molecule has 18 heavy (non-hydrogen) atoms. The number of nitrogens with zero attached hydrogens (tertiary/aromatic N) is 6. The number of rotatable bonds is 3. The van der Waals surface area contributed by atoms with Crippen LogP contribution in [0.1, 0.15) is 11.6 Å².